The highest BCUT2D eigenvalue weighted by Crippen LogP contribution is 2.29. The second-order valence-electron chi connectivity index (χ2n) is 7.16. The number of rotatable bonds is 9. The van der Waals surface area contributed by atoms with Crippen LogP contribution in [0.4, 0.5) is 0 Å². The molecule has 1 aromatic heterocycles. The molecule has 1 aromatic carbocycles. The summed E-state index contributed by atoms with van der Waals surface area (Å²) >= 11 is 0. The van der Waals surface area contributed by atoms with Crippen molar-refractivity contribution in [2.45, 2.75) is 46.0 Å². The van der Waals surface area contributed by atoms with E-state index < -0.39 is 18.5 Å². The van der Waals surface area contributed by atoms with Crippen LogP contribution in [-0.2, 0) is 20.7 Å². The lowest BCUT2D eigenvalue weighted by Crippen LogP contribution is -2.36. The van der Waals surface area contributed by atoms with Crippen molar-refractivity contribution >= 4 is 22.8 Å². The fraction of sp³-hybridized carbons (Fsp3) is 0.455. The Kier molecular flexibility index (Phi) is 7.79. The summed E-state index contributed by atoms with van der Waals surface area (Å²) in [6, 6.07) is 7.93. The van der Waals surface area contributed by atoms with Gasteiger partial charge in [0.05, 0.1) is 37.7 Å². The summed E-state index contributed by atoms with van der Waals surface area (Å²) in [6.45, 7) is 6.25. The van der Waals surface area contributed by atoms with E-state index in [0.717, 1.165) is 10.9 Å². The summed E-state index contributed by atoms with van der Waals surface area (Å²) in [6.07, 6.45) is 1.86. The van der Waals surface area contributed by atoms with Crippen LogP contribution in [0.25, 0.3) is 11.0 Å². The first kappa shape index (κ1) is 22.0. The van der Waals surface area contributed by atoms with Gasteiger partial charge in [-0.25, -0.2) is 0 Å². The van der Waals surface area contributed by atoms with E-state index in [1.54, 1.807) is 6.26 Å². The molecule has 0 aliphatic heterocycles. The predicted molar refractivity (Wildman–Crippen MR) is 107 cm³/mol. The highest BCUT2D eigenvalue weighted by molar-refractivity contribution is 5.88. The monoisotopic (exact) mass is 395 g/mol. The zero-order chi connectivity index (χ0) is 21.4. The first-order valence-corrected chi connectivity index (χ1v) is 9.55. The number of benzene rings is 1. The molecule has 0 aliphatic rings. The first-order valence-electron chi connectivity index (χ1n) is 9.55. The molecule has 0 unspecified atom stereocenters. The molecule has 0 bridgehead atoms. The Morgan fingerprint density at radius 3 is 2.41 bits per heavy atom. The van der Waals surface area contributed by atoms with Gasteiger partial charge in [0, 0.05) is 24.0 Å². The van der Waals surface area contributed by atoms with Crippen LogP contribution in [0.2, 0.25) is 0 Å². The van der Waals surface area contributed by atoms with Crippen molar-refractivity contribution in [3.63, 3.8) is 0 Å². The Morgan fingerprint density at radius 1 is 1.17 bits per heavy atom. The van der Waals surface area contributed by atoms with Crippen LogP contribution in [0.1, 0.15) is 49.3 Å². The summed E-state index contributed by atoms with van der Waals surface area (Å²) in [4.78, 5) is 25.9. The van der Waals surface area contributed by atoms with E-state index in [0.29, 0.717) is 17.1 Å². The number of amides is 1. The molecule has 2 rings (SSSR count). The van der Waals surface area contributed by atoms with Crippen LogP contribution in [-0.4, -0.2) is 36.5 Å². The van der Waals surface area contributed by atoms with E-state index in [-0.39, 0.29) is 32.4 Å². The number of esters is 1. The lowest BCUT2D eigenvalue weighted by molar-refractivity contribution is -0.151. The van der Waals surface area contributed by atoms with Crippen molar-refractivity contribution < 1.29 is 18.7 Å². The predicted octanol–water partition coefficient (Wildman–Crippen LogP) is 3.61. The molecule has 7 heteroatoms. The summed E-state index contributed by atoms with van der Waals surface area (Å²) < 4.78 is 10.7. The molecule has 0 N–H and O–H groups in total. The summed E-state index contributed by atoms with van der Waals surface area (Å²) in [5.41, 5.74) is 3.75. The minimum absolute atomic E-state index is 0.00271. The molecule has 29 heavy (non-hydrogen) atoms. The lowest BCUT2D eigenvalue weighted by atomic mass is 9.95. The number of nitrogens with zero attached hydrogens (tertiary/aromatic N) is 3. The minimum atomic E-state index is -0.534. The van der Waals surface area contributed by atoms with Gasteiger partial charge in [-0.1, -0.05) is 13.8 Å². The molecule has 1 heterocycles. The van der Waals surface area contributed by atoms with E-state index in [2.05, 4.69) is 13.8 Å². The topological polar surface area (TPSA) is 107 Å². The fourth-order valence-corrected chi connectivity index (χ4v) is 3.17. The Bertz CT molecular complexity index is 945. The highest BCUT2D eigenvalue weighted by atomic mass is 16.5. The Labute approximate surface area is 170 Å². The number of aryl methyl sites for hydroxylation is 1. The molecular formula is C22H25N3O4. The summed E-state index contributed by atoms with van der Waals surface area (Å²) in [5.74, 6) is -0.605. The number of hydrogen-bond acceptors (Lipinski definition) is 6. The van der Waals surface area contributed by atoms with Crippen molar-refractivity contribution in [1.29, 1.82) is 10.5 Å². The normalized spacial score (nSPS) is 10.6. The molecule has 0 radical (unpaired) electrons. The number of carbonyl (C=O) groups excluding carboxylic acids is 2. The minimum Gasteiger partial charge on any atom is -0.464 e. The zero-order valence-corrected chi connectivity index (χ0v) is 17.0. The number of hydrogen-bond donors (Lipinski definition) is 0. The molecule has 1 amide bonds. The van der Waals surface area contributed by atoms with Crippen LogP contribution in [0, 0.1) is 29.6 Å². The van der Waals surface area contributed by atoms with Gasteiger partial charge in [-0.05, 0) is 36.1 Å². The van der Waals surface area contributed by atoms with Crippen molar-refractivity contribution in [2.75, 3.05) is 19.7 Å². The molecule has 0 saturated heterocycles. The zero-order valence-electron chi connectivity index (χ0n) is 17.0. The number of furan rings is 1. The largest absolute Gasteiger partial charge is 0.464 e. The highest BCUT2D eigenvalue weighted by Gasteiger charge is 2.18. The smallest absolute Gasteiger partial charge is 0.310 e. The van der Waals surface area contributed by atoms with Gasteiger partial charge in [0.1, 0.15) is 5.58 Å². The van der Waals surface area contributed by atoms with E-state index in [1.807, 2.05) is 31.2 Å². The number of ether oxygens (including phenoxy) is 1. The average Bonchev–Trinajstić information content (AvgIpc) is 3.06. The standard InChI is InChI=1S/C22H25N3O4/c1-15(2)18-12-19-17(13-28-20(19)10-16(18)3)11-22(27)29-14-21(26)25(8-4-6-23)9-5-7-24/h10,12-13,15H,4-5,8-9,11,14H2,1-3H3. The summed E-state index contributed by atoms with van der Waals surface area (Å²) in [7, 11) is 0. The molecule has 0 fully saturated rings. The molecule has 152 valence electrons. The van der Waals surface area contributed by atoms with Gasteiger partial charge >= 0.3 is 5.97 Å². The van der Waals surface area contributed by atoms with E-state index >= 15 is 0 Å². The van der Waals surface area contributed by atoms with Crippen molar-refractivity contribution in [3.05, 3.63) is 35.1 Å². The van der Waals surface area contributed by atoms with Crippen LogP contribution in [0.3, 0.4) is 0 Å². The molecule has 0 aliphatic carbocycles. The van der Waals surface area contributed by atoms with Gasteiger partial charge in [-0.15, -0.1) is 0 Å². The van der Waals surface area contributed by atoms with Gasteiger partial charge < -0.3 is 14.1 Å². The maximum atomic E-state index is 12.3. The molecule has 0 saturated carbocycles. The van der Waals surface area contributed by atoms with Crippen LogP contribution in [0.15, 0.2) is 22.8 Å². The molecule has 7 nitrogen and oxygen atoms in total. The van der Waals surface area contributed by atoms with Crippen molar-refractivity contribution in [1.82, 2.24) is 4.90 Å². The SMILES string of the molecule is Cc1cc2occ(CC(=O)OCC(=O)N(CCC#N)CCC#N)c2cc1C(C)C. The maximum absolute atomic E-state index is 12.3. The van der Waals surface area contributed by atoms with Gasteiger partial charge in [-0.3, -0.25) is 9.59 Å². The maximum Gasteiger partial charge on any atom is 0.310 e. The van der Waals surface area contributed by atoms with E-state index in [4.69, 9.17) is 19.7 Å². The van der Waals surface area contributed by atoms with Crippen molar-refractivity contribution in [3.8, 4) is 12.1 Å². The quantitative estimate of drug-likeness (QED) is 0.600. The molecular weight excluding hydrogens is 370 g/mol. The Morgan fingerprint density at radius 2 is 1.83 bits per heavy atom. The Hall–Kier alpha value is -3.32. The number of fused-ring (bicyclic) bond motifs is 1. The van der Waals surface area contributed by atoms with Gasteiger partial charge in [0.2, 0.25) is 0 Å². The molecule has 2 aromatic rings. The third-order valence-corrected chi connectivity index (χ3v) is 4.70. The lowest BCUT2D eigenvalue weighted by Gasteiger charge is -2.20. The third kappa shape index (κ3) is 5.83. The van der Waals surface area contributed by atoms with Gasteiger partial charge in [0.15, 0.2) is 6.61 Å². The molecule has 0 atom stereocenters. The Balaban J connectivity index is 2.01. The number of nitriles is 2. The van der Waals surface area contributed by atoms with Crippen molar-refractivity contribution in [2.24, 2.45) is 0 Å². The van der Waals surface area contributed by atoms with Crippen LogP contribution < -0.4 is 0 Å². The van der Waals surface area contributed by atoms with E-state index in [9.17, 15) is 9.59 Å². The average molecular weight is 395 g/mol. The van der Waals surface area contributed by atoms with Crippen LogP contribution >= 0.6 is 0 Å². The second kappa shape index (κ2) is 10.3. The molecule has 0 spiro atoms. The third-order valence-electron chi connectivity index (χ3n) is 4.70. The van der Waals surface area contributed by atoms with Gasteiger partial charge in [-0.2, -0.15) is 10.5 Å². The van der Waals surface area contributed by atoms with Crippen LogP contribution in [0.5, 0.6) is 0 Å². The van der Waals surface area contributed by atoms with Gasteiger partial charge in [0.25, 0.3) is 5.91 Å². The van der Waals surface area contributed by atoms with E-state index in [1.165, 1.54) is 10.5 Å². The second-order valence-corrected chi connectivity index (χ2v) is 7.16. The first-order chi connectivity index (χ1) is 13.9. The number of carbonyl (C=O) groups is 2. The summed E-state index contributed by atoms with van der Waals surface area (Å²) in [5, 5.41) is 18.3. The fourth-order valence-electron chi connectivity index (χ4n) is 3.17.